The zero-order valence-electron chi connectivity index (χ0n) is 8.57. The van der Waals surface area contributed by atoms with Crippen molar-refractivity contribution in [3.8, 4) is 0 Å². The van der Waals surface area contributed by atoms with E-state index in [1.807, 2.05) is 6.07 Å². The number of ether oxygens (including phenoxy) is 1. The smallest absolute Gasteiger partial charge is 0.249 e. The van der Waals surface area contributed by atoms with Crippen molar-refractivity contribution in [1.29, 1.82) is 0 Å². The minimum atomic E-state index is -0.270. The number of rotatable bonds is 3. The summed E-state index contributed by atoms with van der Waals surface area (Å²) >= 11 is 0. The lowest BCUT2D eigenvalue weighted by molar-refractivity contribution is -0.135. The third kappa shape index (κ3) is 2.83. The lowest BCUT2D eigenvalue weighted by atomic mass is 10.1. The van der Waals surface area contributed by atoms with Gasteiger partial charge in [-0.2, -0.15) is 0 Å². The number of carbonyl (C=O) groups is 1. The van der Waals surface area contributed by atoms with Crippen molar-refractivity contribution in [2.75, 3.05) is 6.61 Å². The summed E-state index contributed by atoms with van der Waals surface area (Å²) in [5.74, 6) is 0.727. The van der Waals surface area contributed by atoms with Crippen molar-refractivity contribution in [1.82, 2.24) is 5.32 Å². The third-order valence-electron chi connectivity index (χ3n) is 2.49. The highest BCUT2D eigenvalue weighted by Gasteiger charge is 2.21. The predicted molar refractivity (Wildman–Crippen MR) is 54.1 cm³/mol. The fraction of sp³-hybridized carbons (Fsp3) is 0.545. The SMILES string of the molecule is O=C(NCc1ccco1)C1CCCCO1. The number of amides is 1. The van der Waals surface area contributed by atoms with Gasteiger partial charge in [-0.05, 0) is 31.4 Å². The van der Waals surface area contributed by atoms with Crippen molar-refractivity contribution >= 4 is 5.91 Å². The van der Waals surface area contributed by atoms with E-state index in [1.165, 1.54) is 0 Å². The molecule has 1 unspecified atom stereocenters. The maximum absolute atomic E-state index is 11.6. The molecule has 1 N–H and O–H groups in total. The summed E-state index contributed by atoms with van der Waals surface area (Å²) < 4.78 is 10.5. The first kappa shape index (κ1) is 10.2. The Morgan fingerprint density at radius 3 is 3.13 bits per heavy atom. The minimum Gasteiger partial charge on any atom is -0.467 e. The summed E-state index contributed by atoms with van der Waals surface area (Å²) in [6, 6.07) is 3.64. The van der Waals surface area contributed by atoms with Gasteiger partial charge in [-0.25, -0.2) is 0 Å². The first-order valence-electron chi connectivity index (χ1n) is 5.28. The van der Waals surface area contributed by atoms with Crippen LogP contribution in [0, 0.1) is 0 Å². The average Bonchev–Trinajstić information content (AvgIpc) is 2.80. The van der Waals surface area contributed by atoms with Crippen molar-refractivity contribution in [2.45, 2.75) is 31.9 Å². The first-order valence-corrected chi connectivity index (χ1v) is 5.28. The third-order valence-corrected chi connectivity index (χ3v) is 2.49. The molecule has 1 saturated heterocycles. The van der Waals surface area contributed by atoms with Crippen LogP contribution in [0.1, 0.15) is 25.0 Å². The predicted octanol–water partition coefficient (Wildman–Crippen LogP) is 1.46. The molecule has 0 spiro atoms. The van der Waals surface area contributed by atoms with E-state index in [0.717, 1.165) is 25.0 Å². The summed E-state index contributed by atoms with van der Waals surface area (Å²) in [6.45, 7) is 1.13. The monoisotopic (exact) mass is 209 g/mol. The highest BCUT2D eigenvalue weighted by atomic mass is 16.5. The maximum Gasteiger partial charge on any atom is 0.249 e. The Balaban J connectivity index is 1.76. The van der Waals surface area contributed by atoms with Gasteiger partial charge < -0.3 is 14.5 Å². The molecule has 4 heteroatoms. The van der Waals surface area contributed by atoms with E-state index in [4.69, 9.17) is 9.15 Å². The molecular weight excluding hydrogens is 194 g/mol. The van der Waals surface area contributed by atoms with E-state index in [2.05, 4.69) is 5.32 Å². The Morgan fingerprint density at radius 1 is 1.53 bits per heavy atom. The van der Waals surface area contributed by atoms with Crippen LogP contribution in [-0.2, 0) is 16.1 Å². The van der Waals surface area contributed by atoms with E-state index < -0.39 is 0 Å². The van der Waals surface area contributed by atoms with Crippen LogP contribution in [-0.4, -0.2) is 18.6 Å². The molecule has 1 aliphatic rings. The summed E-state index contributed by atoms with van der Waals surface area (Å²) in [6.07, 6.45) is 4.28. The molecule has 1 amide bonds. The van der Waals surface area contributed by atoms with Crippen LogP contribution in [0.15, 0.2) is 22.8 Å². The zero-order valence-corrected chi connectivity index (χ0v) is 8.57. The molecule has 1 fully saturated rings. The quantitative estimate of drug-likeness (QED) is 0.820. The van der Waals surface area contributed by atoms with Gasteiger partial charge in [0.1, 0.15) is 11.9 Å². The molecule has 0 aliphatic carbocycles. The Kier molecular flexibility index (Phi) is 3.40. The van der Waals surface area contributed by atoms with Gasteiger partial charge in [0.15, 0.2) is 0 Å². The normalized spacial score (nSPS) is 21.2. The summed E-state index contributed by atoms with van der Waals surface area (Å²) in [4.78, 5) is 11.6. The highest BCUT2D eigenvalue weighted by Crippen LogP contribution is 2.12. The fourth-order valence-corrected chi connectivity index (χ4v) is 1.65. The van der Waals surface area contributed by atoms with Crippen LogP contribution in [0.25, 0.3) is 0 Å². The van der Waals surface area contributed by atoms with E-state index in [9.17, 15) is 4.79 Å². The second-order valence-electron chi connectivity index (χ2n) is 3.65. The molecule has 1 aromatic heterocycles. The van der Waals surface area contributed by atoms with Crippen molar-refractivity contribution in [2.24, 2.45) is 0 Å². The van der Waals surface area contributed by atoms with Crippen LogP contribution >= 0.6 is 0 Å². The molecule has 0 aromatic carbocycles. The molecule has 0 bridgehead atoms. The molecule has 1 atom stereocenters. The summed E-state index contributed by atoms with van der Waals surface area (Å²) in [5, 5.41) is 2.80. The number of carbonyl (C=O) groups excluding carboxylic acids is 1. The van der Waals surface area contributed by atoms with Crippen LogP contribution in [0.4, 0.5) is 0 Å². The second kappa shape index (κ2) is 4.98. The molecule has 0 radical (unpaired) electrons. The molecule has 2 heterocycles. The molecular formula is C11H15NO3. The fourth-order valence-electron chi connectivity index (χ4n) is 1.65. The Bertz CT molecular complexity index is 302. The van der Waals surface area contributed by atoms with Gasteiger partial charge in [-0.1, -0.05) is 0 Å². The number of hydrogen-bond acceptors (Lipinski definition) is 3. The van der Waals surface area contributed by atoms with Crippen LogP contribution < -0.4 is 5.32 Å². The Morgan fingerprint density at radius 2 is 2.47 bits per heavy atom. The van der Waals surface area contributed by atoms with E-state index in [0.29, 0.717) is 13.2 Å². The molecule has 4 nitrogen and oxygen atoms in total. The Labute approximate surface area is 88.6 Å². The van der Waals surface area contributed by atoms with Gasteiger partial charge in [0.05, 0.1) is 12.8 Å². The highest BCUT2D eigenvalue weighted by molar-refractivity contribution is 5.80. The molecule has 2 rings (SSSR count). The van der Waals surface area contributed by atoms with E-state index in [-0.39, 0.29) is 12.0 Å². The van der Waals surface area contributed by atoms with Gasteiger partial charge >= 0.3 is 0 Å². The molecule has 1 aromatic rings. The molecule has 0 saturated carbocycles. The zero-order chi connectivity index (χ0) is 10.5. The maximum atomic E-state index is 11.6. The van der Waals surface area contributed by atoms with E-state index in [1.54, 1.807) is 12.3 Å². The van der Waals surface area contributed by atoms with Crippen molar-refractivity contribution in [3.63, 3.8) is 0 Å². The van der Waals surface area contributed by atoms with Crippen LogP contribution in [0.3, 0.4) is 0 Å². The summed E-state index contributed by atoms with van der Waals surface area (Å²) in [7, 11) is 0. The van der Waals surface area contributed by atoms with Gasteiger partial charge in [0.2, 0.25) is 5.91 Å². The summed E-state index contributed by atoms with van der Waals surface area (Å²) in [5.41, 5.74) is 0. The number of nitrogens with one attached hydrogen (secondary N) is 1. The lowest BCUT2D eigenvalue weighted by Crippen LogP contribution is -2.37. The largest absolute Gasteiger partial charge is 0.467 e. The van der Waals surface area contributed by atoms with Gasteiger partial charge in [-0.15, -0.1) is 0 Å². The molecule has 1 aliphatic heterocycles. The van der Waals surface area contributed by atoms with Crippen molar-refractivity contribution in [3.05, 3.63) is 24.2 Å². The van der Waals surface area contributed by atoms with Gasteiger partial charge in [0, 0.05) is 6.61 Å². The van der Waals surface area contributed by atoms with Crippen LogP contribution in [0.5, 0.6) is 0 Å². The minimum absolute atomic E-state index is 0.0360. The standard InChI is InChI=1S/C11H15NO3/c13-11(10-5-1-2-6-15-10)12-8-9-4-3-7-14-9/h3-4,7,10H,1-2,5-6,8H2,(H,12,13). The number of furan rings is 1. The Hall–Kier alpha value is -1.29. The van der Waals surface area contributed by atoms with Crippen LogP contribution in [0.2, 0.25) is 0 Å². The van der Waals surface area contributed by atoms with E-state index >= 15 is 0 Å². The topological polar surface area (TPSA) is 51.5 Å². The second-order valence-corrected chi connectivity index (χ2v) is 3.65. The van der Waals surface area contributed by atoms with Crippen molar-refractivity contribution < 1.29 is 13.9 Å². The molecule has 82 valence electrons. The van der Waals surface area contributed by atoms with Gasteiger partial charge in [-0.3, -0.25) is 4.79 Å². The van der Waals surface area contributed by atoms with Gasteiger partial charge in [0.25, 0.3) is 0 Å². The lowest BCUT2D eigenvalue weighted by Gasteiger charge is -2.21. The molecule has 15 heavy (non-hydrogen) atoms. The number of hydrogen-bond donors (Lipinski definition) is 1. The first-order chi connectivity index (χ1) is 7.36. The average molecular weight is 209 g/mol.